The zero-order valence-electron chi connectivity index (χ0n) is 10.9. The van der Waals surface area contributed by atoms with Crippen molar-refractivity contribution in [3.05, 3.63) is 23.8 Å². The molecule has 0 fully saturated rings. The molecule has 0 bridgehead atoms. The van der Waals surface area contributed by atoms with Gasteiger partial charge in [-0.1, -0.05) is 19.4 Å². The van der Waals surface area contributed by atoms with Crippen LogP contribution in [0, 0.1) is 0 Å². The van der Waals surface area contributed by atoms with Crippen LogP contribution in [0.4, 0.5) is 0 Å². The highest BCUT2D eigenvalue weighted by atomic mass is 16.7. The molecule has 1 aliphatic rings. The molecule has 1 aromatic rings. The van der Waals surface area contributed by atoms with Crippen LogP contribution in [0.15, 0.2) is 18.2 Å². The van der Waals surface area contributed by atoms with E-state index in [1.165, 1.54) is 0 Å². The number of rotatable bonds is 6. The Morgan fingerprint density at radius 3 is 2.89 bits per heavy atom. The van der Waals surface area contributed by atoms with E-state index in [9.17, 15) is 5.11 Å². The first-order chi connectivity index (χ1) is 8.70. The summed E-state index contributed by atoms with van der Waals surface area (Å²) in [5.41, 5.74) is 0.794. The van der Waals surface area contributed by atoms with E-state index in [1.54, 1.807) is 6.07 Å². The molecule has 1 aromatic carbocycles. The molecule has 0 aromatic heterocycles. The number of hydrogen-bond acceptors (Lipinski definition) is 4. The first kappa shape index (κ1) is 13.2. The average molecular weight is 252 g/mol. The molecule has 0 radical (unpaired) electrons. The van der Waals surface area contributed by atoms with Crippen molar-refractivity contribution in [3.63, 3.8) is 0 Å². The fraction of sp³-hybridized carbons (Fsp3) is 0.571. The van der Waals surface area contributed by atoms with E-state index < -0.39 is 6.10 Å². The van der Waals surface area contributed by atoms with Gasteiger partial charge in [0.15, 0.2) is 11.5 Å². The minimum absolute atomic E-state index is 0.179. The molecule has 0 aliphatic carbocycles. The Kier molecular flexibility index (Phi) is 4.44. The molecule has 2 unspecified atom stereocenters. The molecule has 4 nitrogen and oxygen atoms in total. The largest absolute Gasteiger partial charge is 0.454 e. The van der Waals surface area contributed by atoms with Crippen LogP contribution in [0.25, 0.3) is 0 Å². The molecule has 0 saturated carbocycles. The van der Waals surface area contributed by atoms with E-state index >= 15 is 0 Å². The second-order valence-electron chi connectivity index (χ2n) is 4.56. The minimum Gasteiger partial charge on any atom is -0.454 e. The maximum Gasteiger partial charge on any atom is 0.231 e. The first-order valence-corrected chi connectivity index (χ1v) is 6.40. The van der Waals surface area contributed by atoms with Crippen LogP contribution >= 0.6 is 0 Å². The molecule has 1 aliphatic heterocycles. The van der Waals surface area contributed by atoms with Crippen molar-refractivity contribution in [1.29, 1.82) is 0 Å². The van der Waals surface area contributed by atoms with E-state index in [0.717, 1.165) is 24.2 Å². The van der Waals surface area contributed by atoms with Crippen LogP contribution in [0.3, 0.4) is 0 Å². The summed E-state index contributed by atoms with van der Waals surface area (Å²) in [5.74, 6) is 1.42. The van der Waals surface area contributed by atoms with Gasteiger partial charge in [0.2, 0.25) is 6.79 Å². The van der Waals surface area contributed by atoms with Crippen LogP contribution in [-0.2, 0) is 4.74 Å². The standard InChI is InChI=1S/C14H20O4/c1-3-4-10(2)16-8-12(15)11-5-6-13-14(7-11)18-9-17-13/h5-7,10,12,15H,3-4,8-9H2,1-2H3. The number of fused-ring (bicyclic) bond motifs is 1. The molecule has 0 spiro atoms. The van der Waals surface area contributed by atoms with Gasteiger partial charge in [0, 0.05) is 0 Å². The predicted octanol–water partition coefficient (Wildman–Crippen LogP) is 2.65. The van der Waals surface area contributed by atoms with Crippen molar-refractivity contribution >= 4 is 0 Å². The second-order valence-corrected chi connectivity index (χ2v) is 4.56. The van der Waals surface area contributed by atoms with Crippen molar-refractivity contribution in [2.75, 3.05) is 13.4 Å². The van der Waals surface area contributed by atoms with Gasteiger partial charge >= 0.3 is 0 Å². The molecule has 100 valence electrons. The maximum atomic E-state index is 10.0. The van der Waals surface area contributed by atoms with E-state index in [4.69, 9.17) is 14.2 Å². The van der Waals surface area contributed by atoms with Crippen LogP contribution in [0.1, 0.15) is 38.4 Å². The van der Waals surface area contributed by atoms with Crippen molar-refractivity contribution in [1.82, 2.24) is 0 Å². The van der Waals surface area contributed by atoms with E-state index in [-0.39, 0.29) is 12.9 Å². The average Bonchev–Trinajstić information content (AvgIpc) is 2.83. The van der Waals surface area contributed by atoms with Gasteiger partial charge in [-0.05, 0) is 31.0 Å². The maximum absolute atomic E-state index is 10.0. The van der Waals surface area contributed by atoms with E-state index in [2.05, 4.69) is 6.92 Å². The quantitative estimate of drug-likeness (QED) is 0.845. The van der Waals surface area contributed by atoms with Crippen molar-refractivity contribution in [3.8, 4) is 11.5 Å². The smallest absolute Gasteiger partial charge is 0.231 e. The SMILES string of the molecule is CCCC(C)OCC(O)c1ccc2c(c1)OCO2. The molecule has 4 heteroatoms. The fourth-order valence-corrected chi connectivity index (χ4v) is 1.96. The lowest BCUT2D eigenvalue weighted by Gasteiger charge is -2.16. The molecule has 1 N–H and O–H groups in total. The summed E-state index contributed by atoms with van der Waals surface area (Å²) >= 11 is 0. The number of benzene rings is 1. The van der Waals surface area contributed by atoms with Crippen molar-refractivity contribution in [2.45, 2.75) is 38.9 Å². The minimum atomic E-state index is -0.626. The summed E-state index contributed by atoms with van der Waals surface area (Å²) in [6, 6.07) is 5.46. The Morgan fingerprint density at radius 2 is 2.11 bits per heavy atom. The Bertz CT molecular complexity index is 391. The molecule has 1 heterocycles. The van der Waals surface area contributed by atoms with Crippen molar-refractivity contribution < 1.29 is 19.3 Å². The Balaban J connectivity index is 1.90. The van der Waals surface area contributed by atoms with E-state index in [0.29, 0.717) is 12.4 Å². The van der Waals surface area contributed by atoms with Crippen molar-refractivity contribution in [2.24, 2.45) is 0 Å². The second kappa shape index (κ2) is 6.07. The van der Waals surface area contributed by atoms with Gasteiger partial charge in [0.25, 0.3) is 0 Å². The van der Waals surface area contributed by atoms with Gasteiger partial charge in [-0.2, -0.15) is 0 Å². The number of aliphatic hydroxyl groups is 1. The number of hydrogen-bond donors (Lipinski definition) is 1. The number of ether oxygens (including phenoxy) is 3. The highest BCUT2D eigenvalue weighted by Gasteiger charge is 2.17. The summed E-state index contributed by atoms with van der Waals surface area (Å²) in [5, 5.41) is 10.0. The third-order valence-electron chi connectivity index (χ3n) is 3.02. The van der Waals surface area contributed by atoms with Gasteiger partial charge in [-0.3, -0.25) is 0 Å². The molecular formula is C14H20O4. The summed E-state index contributed by atoms with van der Waals surface area (Å²) in [4.78, 5) is 0. The third-order valence-corrected chi connectivity index (χ3v) is 3.02. The Morgan fingerprint density at radius 1 is 1.33 bits per heavy atom. The lowest BCUT2D eigenvalue weighted by molar-refractivity contribution is -0.00588. The summed E-state index contributed by atoms with van der Waals surface area (Å²) in [7, 11) is 0. The van der Waals surface area contributed by atoms with Crippen LogP contribution in [0.2, 0.25) is 0 Å². The summed E-state index contributed by atoms with van der Waals surface area (Å²) in [6.07, 6.45) is 1.65. The summed E-state index contributed by atoms with van der Waals surface area (Å²) in [6.45, 7) is 4.70. The highest BCUT2D eigenvalue weighted by Crippen LogP contribution is 2.34. The van der Waals surface area contributed by atoms with E-state index in [1.807, 2.05) is 19.1 Å². The molecule has 2 rings (SSSR count). The third kappa shape index (κ3) is 3.15. The zero-order valence-corrected chi connectivity index (χ0v) is 10.9. The molecule has 0 amide bonds. The Labute approximate surface area is 107 Å². The van der Waals surface area contributed by atoms with Crippen LogP contribution in [-0.4, -0.2) is 24.6 Å². The van der Waals surface area contributed by atoms with Gasteiger partial charge in [-0.15, -0.1) is 0 Å². The lowest BCUT2D eigenvalue weighted by Crippen LogP contribution is -2.14. The number of aliphatic hydroxyl groups excluding tert-OH is 1. The molecular weight excluding hydrogens is 232 g/mol. The fourth-order valence-electron chi connectivity index (χ4n) is 1.96. The topological polar surface area (TPSA) is 47.9 Å². The first-order valence-electron chi connectivity index (χ1n) is 6.40. The summed E-state index contributed by atoms with van der Waals surface area (Å²) < 4.78 is 16.1. The van der Waals surface area contributed by atoms with Crippen LogP contribution in [0.5, 0.6) is 11.5 Å². The molecule has 2 atom stereocenters. The monoisotopic (exact) mass is 252 g/mol. The van der Waals surface area contributed by atoms with Gasteiger partial charge in [0.1, 0.15) is 6.10 Å². The highest BCUT2D eigenvalue weighted by molar-refractivity contribution is 5.45. The van der Waals surface area contributed by atoms with Gasteiger partial charge < -0.3 is 19.3 Å². The van der Waals surface area contributed by atoms with Crippen LogP contribution < -0.4 is 9.47 Å². The van der Waals surface area contributed by atoms with Gasteiger partial charge in [-0.25, -0.2) is 0 Å². The molecule has 0 saturated heterocycles. The molecule has 18 heavy (non-hydrogen) atoms. The normalized spacial score (nSPS) is 16.6. The lowest BCUT2D eigenvalue weighted by atomic mass is 10.1. The Hall–Kier alpha value is -1.26. The zero-order chi connectivity index (χ0) is 13.0. The predicted molar refractivity (Wildman–Crippen MR) is 67.8 cm³/mol. The van der Waals surface area contributed by atoms with Gasteiger partial charge in [0.05, 0.1) is 12.7 Å².